The Hall–Kier alpha value is -0.900. The highest BCUT2D eigenvalue weighted by molar-refractivity contribution is 5.25. The van der Waals surface area contributed by atoms with Crippen LogP contribution in [0.3, 0.4) is 0 Å². The van der Waals surface area contributed by atoms with Crippen LogP contribution in [0, 0.1) is 6.92 Å². The van der Waals surface area contributed by atoms with Crippen LogP contribution in [0.4, 0.5) is 0 Å². The molecule has 2 rings (SSSR count). The number of ether oxygens (including phenoxy) is 1. The molecule has 1 fully saturated rings. The van der Waals surface area contributed by atoms with Crippen LogP contribution < -0.4 is 5.32 Å². The number of hydrogen-bond donors (Lipinski definition) is 1. The molecule has 0 spiro atoms. The molecule has 0 aliphatic carbocycles. The first-order valence-electron chi connectivity index (χ1n) is 7.67. The second-order valence-corrected chi connectivity index (χ2v) is 5.93. The molecule has 2 unspecified atom stereocenters. The van der Waals surface area contributed by atoms with Gasteiger partial charge in [-0.25, -0.2) is 0 Å². The minimum atomic E-state index is 0.364. The number of nitrogens with zero attached hydrogens (tertiary/aromatic N) is 1. The van der Waals surface area contributed by atoms with Gasteiger partial charge in [-0.05, 0) is 46.3 Å². The van der Waals surface area contributed by atoms with Crippen molar-refractivity contribution in [3.8, 4) is 0 Å². The van der Waals surface area contributed by atoms with E-state index >= 15 is 0 Å². The molecule has 2 atom stereocenters. The van der Waals surface area contributed by atoms with Crippen LogP contribution in [-0.4, -0.2) is 44.3 Å². The van der Waals surface area contributed by atoms with Crippen molar-refractivity contribution in [2.75, 3.05) is 27.3 Å². The fraction of sp³-hybridized carbons (Fsp3) is 0.647. The smallest absolute Gasteiger partial charge is 0.0480 e. The summed E-state index contributed by atoms with van der Waals surface area (Å²) in [5.74, 6) is 0. The van der Waals surface area contributed by atoms with Gasteiger partial charge in [-0.3, -0.25) is 4.90 Å². The van der Waals surface area contributed by atoms with Gasteiger partial charge in [-0.15, -0.1) is 0 Å². The van der Waals surface area contributed by atoms with E-state index in [1.165, 1.54) is 11.1 Å². The predicted molar refractivity (Wildman–Crippen MR) is 84.0 cm³/mol. The summed E-state index contributed by atoms with van der Waals surface area (Å²) in [7, 11) is 4.30. The van der Waals surface area contributed by atoms with E-state index in [4.69, 9.17) is 4.74 Å². The summed E-state index contributed by atoms with van der Waals surface area (Å²) in [6.07, 6.45) is 2.29. The van der Waals surface area contributed by atoms with E-state index in [2.05, 4.69) is 62.4 Å². The monoisotopic (exact) mass is 276 g/mol. The van der Waals surface area contributed by atoms with E-state index in [1.807, 2.05) is 0 Å². The Morgan fingerprint density at radius 1 is 1.20 bits per heavy atom. The predicted octanol–water partition coefficient (Wildman–Crippen LogP) is 2.75. The average molecular weight is 276 g/mol. The molecule has 20 heavy (non-hydrogen) atoms. The largest absolute Gasteiger partial charge is 0.381 e. The van der Waals surface area contributed by atoms with Crippen molar-refractivity contribution in [2.24, 2.45) is 0 Å². The number of rotatable bonds is 5. The molecular formula is C17H28N2O. The zero-order chi connectivity index (χ0) is 14.5. The Kier molecular flexibility index (Phi) is 5.58. The SMILES string of the molecule is CNC(c1ccc(C)cc1)C(C)N(C)C1CCOCC1. The maximum absolute atomic E-state index is 5.47. The van der Waals surface area contributed by atoms with Crippen LogP contribution in [-0.2, 0) is 4.74 Å². The van der Waals surface area contributed by atoms with Gasteiger partial charge in [0.2, 0.25) is 0 Å². The first kappa shape index (κ1) is 15.5. The van der Waals surface area contributed by atoms with Gasteiger partial charge in [0, 0.05) is 31.3 Å². The normalized spacial score (nSPS) is 20.1. The average Bonchev–Trinajstić information content (AvgIpc) is 2.50. The second kappa shape index (κ2) is 7.21. The second-order valence-electron chi connectivity index (χ2n) is 5.93. The lowest BCUT2D eigenvalue weighted by molar-refractivity contribution is 0.0253. The van der Waals surface area contributed by atoms with Crippen LogP contribution in [0.25, 0.3) is 0 Å². The van der Waals surface area contributed by atoms with E-state index in [0.717, 1.165) is 26.1 Å². The number of aryl methyl sites for hydroxylation is 1. The summed E-state index contributed by atoms with van der Waals surface area (Å²) in [5, 5.41) is 3.48. The zero-order valence-corrected chi connectivity index (χ0v) is 13.2. The highest BCUT2D eigenvalue weighted by Gasteiger charge is 2.27. The topological polar surface area (TPSA) is 24.5 Å². The van der Waals surface area contributed by atoms with Gasteiger partial charge in [0.05, 0.1) is 0 Å². The van der Waals surface area contributed by atoms with Crippen LogP contribution >= 0.6 is 0 Å². The fourth-order valence-electron chi connectivity index (χ4n) is 3.12. The lowest BCUT2D eigenvalue weighted by atomic mass is 9.96. The Balaban J connectivity index is 2.07. The number of nitrogens with one attached hydrogen (secondary N) is 1. The zero-order valence-electron chi connectivity index (χ0n) is 13.2. The Morgan fingerprint density at radius 2 is 1.80 bits per heavy atom. The molecule has 1 aromatic rings. The van der Waals surface area contributed by atoms with Gasteiger partial charge in [0.15, 0.2) is 0 Å². The molecule has 1 saturated heterocycles. The van der Waals surface area contributed by atoms with E-state index in [1.54, 1.807) is 0 Å². The van der Waals surface area contributed by atoms with Gasteiger partial charge in [-0.1, -0.05) is 29.8 Å². The third-order valence-electron chi connectivity index (χ3n) is 4.64. The van der Waals surface area contributed by atoms with Crippen molar-refractivity contribution in [2.45, 2.75) is 44.8 Å². The van der Waals surface area contributed by atoms with Crippen LogP contribution in [0.5, 0.6) is 0 Å². The summed E-state index contributed by atoms with van der Waals surface area (Å²) >= 11 is 0. The minimum Gasteiger partial charge on any atom is -0.381 e. The third-order valence-corrected chi connectivity index (χ3v) is 4.64. The van der Waals surface area contributed by atoms with Gasteiger partial charge in [0.1, 0.15) is 0 Å². The van der Waals surface area contributed by atoms with E-state index in [9.17, 15) is 0 Å². The molecular weight excluding hydrogens is 248 g/mol. The summed E-state index contributed by atoms with van der Waals surface area (Å²) < 4.78 is 5.47. The van der Waals surface area contributed by atoms with Crippen LogP contribution in [0.1, 0.15) is 36.9 Å². The highest BCUT2D eigenvalue weighted by atomic mass is 16.5. The van der Waals surface area contributed by atoms with Crippen molar-refractivity contribution in [3.63, 3.8) is 0 Å². The molecule has 0 bridgehead atoms. The van der Waals surface area contributed by atoms with Crippen molar-refractivity contribution >= 4 is 0 Å². The molecule has 112 valence electrons. The summed E-state index contributed by atoms with van der Waals surface area (Å²) in [4.78, 5) is 2.52. The highest BCUT2D eigenvalue weighted by Crippen LogP contribution is 2.24. The van der Waals surface area contributed by atoms with Gasteiger partial charge >= 0.3 is 0 Å². The maximum atomic E-state index is 5.47. The van der Waals surface area contributed by atoms with Crippen molar-refractivity contribution in [1.29, 1.82) is 0 Å². The molecule has 1 aliphatic rings. The summed E-state index contributed by atoms with van der Waals surface area (Å²) in [6.45, 7) is 6.25. The summed E-state index contributed by atoms with van der Waals surface area (Å²) in [6, 6.07) is 10.3. The molecule has 1 heterocycles. The van der Waals surface area contributed by atoms with E-state index in [-0.39, 0.29) is 0 Å². The lowest BCUT2D eigenvalue weighted by Crippen LogP contribution is -2.47. The standard InChI is InChI=1S/C17H28N2O/c1-13-5-7-15(8-6-13)17(18-3)14(2)19(4)16-9-11-20-12-10-16/h5-8,14,16-18H,9-12H2,1-4H3. The number of hydrogen-bond acceptors (Lipinski definition) is 3. The van der Waals surface area contributed by atoms with Gasteiger partial charge < -0.3 is 10.1 Å². The third kappa shape index (κ3) is 3.60. The molecule has 1 N–H and O–H groups in total. The Bertz CT molecular complexity index is 398. The molecule has 0 aromatic heterocycles. The van der Waals surface area contributed by atoms with Gasteiger partial charge in [-0.2, -0.15) is 0 Å². The minimum absolute atomic E-state index is 0.364. The molecule has 1 aromatic carbocycles. The van der Waals surface area contributed by atoms with Crippen molar-refractivity contribution in [3.05, 3.63) is 35.4 Å². The quantitative estimate of drug-likeness (QED) is 0.895. The molecule has 3 heteroatoms. The Morgan fingerprint density at radius 3 is 2.35 bits per heavy atom. The van der Waals surface area contributed by atoms with Crippen molar-refractivity contribution < 1.29 is 4.74 Å². The molecule has 0 amide bonds. The molecule has 0 saturated carbocycles. The van der Waals surface area contributed by atoms with E-state index in [0.29, 0.717) is 18.1 Å². The lowest BCUT2D eigenvalue weighted by Gasteiger charge is -2.39. The first-order chi connectivity index (χ1) is 9.63. The van der Waals surface area contributed by atoms with Crippen LogP contribution in [0.2, 0.25) is 0 Å². The van der Waals surface area contributed by atoms with Crippen LogP contribution in [0.15, 0.2) is 24.3 Å². The molecule has 1 aliphatic heterocycles. The molecule has 0 radical (unpaired) electrons. The summed E-state index contributed by atoms with van der Waals surface area (Å²) in [5.41, 5.74) is 2.68. The van der Waals surface area contributed by atoms with Crippen molar-refractivity contribution in [1.82, 2.24) is 10.2 Å². The maximum Gasteiger partial charge on any atom is 0.0480 e. The first-order valence-corrected chi connectivity index (χ1v) is 7.67. The number of benzene rings is 1. The Labute approximate surface area is 123 Å². The van der Waals surface area contributed by atoms with Gasteiger partial charge in [0.25, 0.3) is 0 Å². The fourth-order valence-corrected chi connectivity index (χ4v) is 3.12. The van der Waals surface area contributed by atoms with E-state index < -0.39 is 0 Å². The number of likely N-dealkylation sites (N-methyl/N-ethyl adjacent to an activating group) is 2. The molecule has 3 nitrogen and oxygen atoms in total.